The van der Waals surface area contributed by atoms with Gasteiger partial charge in [-0.2, -0.15) is 0 Å². The first kappa shape index (κ1) is 13.4. The Morgan fingerprint density at radius 3 is 2.39 bits per heavy atom. The Morgan fingerprint density at radius 2 is 1.83 bits per heavy atom. The molecule has 4 nitrogen and oxygen atoms in total. The van der Waals surface area contributed by atoms with E-state index in [9.17, 15) is 5.11 Å². The summed E-state index contributed by atoms with van der Waals surface area (Å²) >= 11 is 0. The highest BCUT2D eigenvalue weighted by molar-refractivity contribution is 5.13. The number of hydrogen-bond donors (Lipinski definition) is 1. The normalized spacial score (nSPS) is 21.2. The van der Waals surface area contributed by atoms with Crippen molar-refractivity contribution < 1.29 is 9.84 Å². The summed E-state index contributed by atoms with van der Waals surface area (Å²) in [5.74, 6) is 0. The maximum absolute atomic E-state index is 10.6. The molecular weight excluding hydrogens is 228 g/mol. The number of rotatable bonds is 4. The van der Waals surface area contributed by atoms with Crippen molar-refractivity contribution in [2.45, 2.75) is 57.2 Å². The van der Waals surface area contributed by atoms with Crippen LogP contribution in [0, 0.1) is 0 Å². The third-order valence-electron chi connectivity index (χ3n) is 3.78. The topological polar surface area (TPSA) is 55.2 Å². The van der Waals surface area contributed by atoms with Crippen molar-refractivity contribution in [3.8, 4) is 0 Å². The highest BCUT2D eigenvalue weighted by atomic mass is 16.5. The quantitative estimate of drug-likeness (QED) is 0.835. The van der Waals surface area contributed by atoms with E-state index in [0.29, 0.717) is 6.61 Å². The van der Waals surface area contributed by atoms with E-state index in [-0.39, 0.29) is 0 Å². The average molecular weight is 250 g/mol. The first-order valence-electron chi connectivity index (χ1n) is 6.85. The third kappa shape index (κ3) is 2.87. The zero-order valence-electron chi connectivity index (χ0n) is 11.0. The molecule has 1 fully saturated rings. The van der Waals surface area contributed by atoms with Gasteiger partial charge in [-0.1, -0.05) is 25.7 Å². The van der Waals surface area contributed by atoms with Crippen molar-refractivity contribution in [1.82, 2.24) is 9.97 Å². The molecular formula is C14H22N2O2. The van der Waals surface area contributed by atoms with Crippen LogP contribution >= 0.6 is 0 Å². The molecule has 1 atom stereocenters. The Morgan fingerprint density at radius 1 is 1.22 bits per heavy atom. The molecule has 0 amide bonds. The van der Waals surface area contributed by atoms with Crippen LogP contribution in [0.15, 0.2) is 18.7 Å². The fourth-order valence-corrected chi connectivity index (χ4v) is 2.87. The lowest BCUT2D eigenvalue weighted by Gasteiger charge is -2.37. The molecule has 1 N–H and O–H groups in total. The van der Waals surface area contributed by atoms with Gasteiger partial charge in [-0.3, -0.25) is 0 Å². The van der Waals surface area contributed by atoms with Gasteiger partial charge in [0, 0.05) is 24.6 Å². The van der Waals surface area contributed by atoms with Gasteiger partial charge in [0.05, 0.1) is 5.60 Å². The largest absolute Gasteiger partial charge is 0.385 e. The lowest BCUT2D eigenvalue weighted by molar-refractivity contribution is -0.131. The molecule has 1 saturated carbocycles. The number of nitrogens with zero attached hydrogens (tertiary/aromatic N) is 2. The van der Waals surface area contributed by atoms with Crippen molar-refractivity contribution in [2.75, 3.05) is 6.61 Å². The van der Waals surface area contributed by atoms with Gasteiger partial charge >= 0.3 is 0 Å². The third-order valence-corrected chi connectivity index (χ3v) is 3.78. The molecule has 1 unspecified atom stereocenters. The summed E-state index contributed by atoms with van der Waals surface area (Å²) in [4.78, 5) is 7.98. The van der Waals surface area contributed by atoms with Gasteiger partial charge in [-0.15, -0.1) is 0 Å². The lowest BCUT2D eigenvalue weighted by atomic mass is 9.85. The Bertz CT molecular complexity index is 348. The van der Waals surface area contributed by atoms with Gasteiger partial charge in [0.25, 0.3) is 0 Å². The number of aliphatic hydroxyl groups excluding tert-OH is 1. The van der Waals surface area contributed by atoms with Gasteiger partial charge in [0.2, 0.25) is 0 Å². The van der Waals surface area contributed by atoms with E-state index in [1.54, 1.807) is 12.4 Å². The molecule has 100 valence electrons. The van der Waals surface area contributed by atoms with E-state index in [1.165, 1.54) is 19.2 Å². The fraction of sp³-hybridized carbons (Fsp3) is 0.714. The van der Waals surface area contributed by atoms with Crippen LogP contribution in [0.5, 0.6) is 0 Å². The molecule has 1 aliphatic rings. The number of aromatic nitrogens is 2. The summed E-state index contributed by atoms with van der Waals surface area (Å²) in [5.41, 5.74) is 0.309. The summed E-state index contributed by atoms with van der Waals surface area (Å²) in [5, 5.41) is 10.6. The Balaban J connectivity index is 2.22. The summed E-state index contributed by atoms with van der Waals surface area (Å²) in [7, 11) is 0. The molecule has 18 heavy (non-hydrogen) atoms. The Kier molecular flexibility index (Phi) is 4.66. The summed E-state index contributed by atoms with van der Waals surface area (Å²) in [6.45, 7) is 2.62. The van der Waals surface area contributed by atoms with Gasteiger partial charge in [0.15, 0.2) is 0 Å². The van der Waals surface area contributed by atoms with E-state index < -0.39 is 11.7 Å². The minimum absolute atomic E-state index is 0.448. The minimum Gasteiger partial charge on any atom is -0.385 e. The van der Waals surface area contributed by atoms with Crippen LogP contribution in [0.4, 0.5) is 0 Å². The van der Waals surface area contributed by atoms with Crippen molar-refractivity contribution in [1.29, 1.82) is 0 Å². The van der Waals surface area contributed by atoms with E-state index in [4.69, 9.17) is 4.74 Å². The number of hydrogen-bond acceptors (Lipinski definition) is 4. The highest BCUT2D eigenvalue weighted by Crippen LogP contribution is 2.40. The van der Waals surface area contributed by atoms with Gasteiger partial charge < -0.3 is 9.84 Å². The molecule has 0 aromatic carbocycles. The molecule has 4 heteroatoms. The molecule has 1 heterocycles. The molecule has 0 radical (unpaired) electrons. The number of ether oxygens (including phenoxy) is 1. The summed E-state index contributed by atoms with van der Waals surface area (Å²) < 4.78 is 5.96. The summed E-state index contributed by atoms with van der Waals surface area (Å²) in [6, 6.07) is 0. The first-order valence-corrected chi connectivity index (χ1v) is 6.85. The van der Waals surface area contributed by atoms with Crippen molar-refractivity contribution >= 4 is 0 Å². The predicted molar refractivity (Wildman–Crippen MR) is 69.1 cm³/mol. The second kappa shape index (κ2) is 6.25. The van der Waals surface area contributed by atoms with E-state index in [1.807, 2.05) is 6.92 Å². The van der Waals surface area contributed by atoms with Crippen molar-refractivity contribution in [3.63, 3.8) is 0 Å². The molecule has 0 aliphatic heterocycles. The van der Waals surface area contributed by atoms with Gasteiger partial charge in [-0.25, -0.2) is 9.97 Å². The highest BCUT2D eigenvalue weighted by Gasteiger charge is 2.40. The van der Waals surface area contributed by atoms with Crippen LogP contribution in [0.3, 0.4) is 0 Å². The monoisotopic (exact) mass is 250 g/mol. The lowest BCUT2D eigenvalue weighted by Crippen LogP contribution is -2.39. The Labute approximate surface area is 108 Å². The molecule has 2 rings (SSSR count). The van der Waals surface area contributed by atoms with Crippen LogP contribution in [-0.4, -0.2) is 27.3 Å². The molecule has 0 saturated heterocycles. The maximum Gasteiger partial charge on any atom is 0.115 e. The SMILES string of the molecule is CCOC1(C(O)c2cncnc2)CCCCCC1. The second-order valence-electron chi connectivity index (χ2n) is 4.99. The van der Waals surface area contributed by atoms with Gasteiger partial charge in [-0.05, 0) is 19.8 Å². The first-order chi connectivity index (χ1) is 8.78. The fourth-order valence-electron chi connectivity index (χ4n) is 2.87. The molecule has 0 spiro atoms. The van der Waals surface area contributed by atoms with E-state index in [0.717, 1.165) is 31.2 Å². The molecule has 1 aliphatic carbocycles. The standard InChI is InChI=1S/C14H22N2O2/c1-2-18-14(7-5-3-4-6-8-14)13(17)12-9-15-11-16-10-12/h9-11,13,17H,2-8H2,1H3. The van der Waals surface area contributed by atoms with Crippen molar-refractivity contribution in [3.05, 3.63) is 24.3 Å². The maximum atomic E-state index is 10.6. The predicted octanol–water partition coefficient (Wildman–Crippen LogP) is 2.64. The smallest absolute Gasteiger partial charge is 0.115 e. The van der Waals surface area contributed by atoms with Crippen LogP contribution in [0.2, 0.25) is 0 Å². The molecule has 1 aromatic heterocycles. The zero-order valence-corrected chi connectivity index (χ0v) is 11.0. The van der Waals surface area contributed by atoms with Crippen molar-refractivity contribution in [2.24, 2.45) is 0 Å². The van der Waals surface area contributed by atoms with Crippen LogP contribution in [0.1, 0.15) is 57.1 Å². The molecule has 0 bridgehead atoms. The second-order valence-corrected chi connectivity index (χ2v) is 4.99. The Hall–Kier alpha value is -1.00. The zero-order chi connectivity index (χ0) is 12.8. The van der Waals surface area contributed by atoms with E-state index in [2.05, 4.69) is 9.97 Å². The van der Waals surface area contributed by atoms with Crippen LogP contribution in [-0.2, 0) is 4.74 Å². The van der Waals surface area contributed by atoms with Crippen LogP contribution in [0.25, 0.3) is 0 Å². The van der Waals surface area contributed by atoms with Crippen LogP contribution < -0.4 is 0 Å². The molecule has 1 aromatic rings. The van der Waals surface area contributed by atoms with E-state index >= 15 is 0 Å². The minimum atomic E-state index is -0.628. The van der Waals surface area contributed by atoms with Gasteiger partial charge in [0.1, 0.15) is 12.4 Å². The number of aliphatic hydroxyl groups is 1. The summed E-state index contributed by atoms with van der Waals surface area (Å²) in [6.07, 6.45) is 10.7. The average Bonchev–Trinajstić information content (AvgIpc) is 2.66.